The van der Waals surface area contributed by atoms with Crippen molar-refractivity contribution in [2.45, 2.75) is 85.7 Å². The molecule has 3 N–H and O–H groups in total. The third kappa shape index (κ3) is 21.3. The molecule has 3 aromatic rings. The molecule has 1 aromatic carbocycles. The van der Waals surface area contributed by atoms with E-state index >= 15 is 0 Å². The molecule has 2 aliphatic rings. The lowest BCUT2D eigenvalue weighted by Gasteiger charge is -2.31. The van der Waals surface area contributed by atoms with Gasteiger partial charge in [0.05, 0.1) is 30.4 Å². The van der Waals surface area contributed by atoms with Crippen LogP contribution in [0.2, 0.25) is 0 Å². The number of aryl methyl sites for hydroxylation is 3. The molecule has 5 rings (SSSR count). The van der Waals surface area contributed by atoms with Crippen molar-refractivity contribution in [3.63, 3.8) is 0 Å². The number of nitrogens with one attached hydrogen (secondary N) is 2. The number of ether oxygens (including phenoxy) is 2. The quantitative estimate of drug-likeness (QED) is 0.118. The van der Waals surface area contributed by atoms with Crippen LogP contribution in [0.3, 0.4) is 0 Å². The van der Waals surface area contributed by atoms with Crippen LogP contribution >= 0.6 is 0 Å². The fraction of sp³-hybridized carbons (Fsp3) is 0.595. The Kier molecular flexibility index (Phi) is 23.8. The Morgan fingerprint density at radius 1 is 0.786 bits per heavy atom. The zero-order valence-electron chi connectivity index (χ0n) is 36.6. The normalized spacial score (nSPS) is 15.2. The minimum absolute atomic E-state index is 0.155. The van der Waals surface area contributed by atoms with Crippen molar-refractivity contribution < 1.29 is 23.8 Å². The van der Waals surface area contributed by atoms with Gasteiger partial charge in [0, 0.05) is 81.7 Å². The van der Waals surface area contributed by atoms with Gasteiger partial charge in [0.25, 0.3) is 0 Å². The predicted octanol–water partition coefficient (Wildman–Crippen LogP) is 5.42. The number of likely N-dealkylation sites (tertiary alicyclic amines) is 2. The number of methoxy groups -OCH3 is 2. The maximum absolute atomic E-state index is 12.8. The summed E-state index contributed by atoms with van der Waals surface area (Å²) in [5.41, 5.74) is 5.57. The van der Waals surface area contributed by atoms with Crippen LogP contribution in [0, 0.1) is 37.4 Å². The molecule has 0 aliphatic carbocycles. The second kappa shape index (κ2) is 26.7. The Hall–Kier alpha value is -4.08. The van der Waals surface area contributed by atoms with E-state index in [1.807, 2.05) is 105 Å². The van der Waals surface area contributed by atoms with E-state index in [4.69, 9.17) is 25.5 Å². The molecule has 56 heavy (non-hydrogen) atoms. The van der Waals surface area contributed by atoms with E-state index in [1.165, 1.54) is 11.6 Å². The van der Waals surface area contributed by atoms with Crippen LogP contribution in [-0.4, -0.2) is 146 Å². The molecule has 0 spiro atoms. The van der Waals surface area contributed by atoms with Gasteiger partial charge in [0.15, 0.2) is 0 Å². The van der Waals surface area contributed by atoms with Crippen LogP contribution < -0.4 is 4.73 Å². The minimum Gasteiger partial charge on any atom is -0.381 e. The molecule has 1 atom stereocenters. The molecular formula is C42H72FN10O3+. The molecule has 0 bridgehead atoms. The van der Waals surface area contributed by atoms with E-state index in [-0.39, 0.29) is 5.82 Å². The average Bonchev–Trinajstić information content (AvgIpc) is 3.62. The molecule has 2 aliphatic heterocycles. The molecule has 1 unspecified atom stereocenters. The monoisotopic (exact) mass is 784 g/mol. The number of rotatable bonds is 8. The zero-order valence-corrected chi connectivity index (χ0v) is 36.6. The molecule has 0 saturated carbocycles. The summed E-state index contributed by atoms with van der Waals surface area (Å²) in [5, 5.41) is 23.9. The third-order valence-corrected chi connectivity index (χ3v) is 9.06. The van der Waals surface area contributed by atoms with Crippen molar-refractivity contribution >= 4 is 11.7 Å². The highest BCUT2D eigenvalue weighted by atomic mass is 19.1. The molecule has 2 fully saturated rings. The van der Waals surface area contributed by atoms with Gasteiger partial charge in [-0.3, -0.25) is 16.0 Å². The SMILES string of the molecule is COC1CCN(C(C)=N)C1.COC1CCN(C(C)=N)CC1.Cc1cc[n+](O)cc1CN(C)C.Cc1ccc(F)cc1CN(C)C.Cc1ccnc(CN(C)C)n1. The first kappa shape index (κ1) is 49.9. The van der Waals surface area contributed by atoms with Crippen LogP contribution in [0.25, 0.3) is 0 Å². The van der Waals surface area contributed by atoms with Crippen LogP contribution in [-0.2, 0) is 29.1 Å². The summed E-state index contributed by atoms with van der Waals surface area (Å²) in [4.78, 5) is 18.7. The van der Waals surface area contributed by atoms with Gasteiger partial charge in [-0.25, -0.2) is 14.4 Å². The number of aromatic nitrogens is 3. The van der Waals surface area contributed by atoms with Crippen LogP contribution in [0.15, 0.2) is 48.9 Å². The summed E-state index contributed by atoms with van der Waals surface area (Å²) < 4.78 is 24.2. The highest BCUT2D eigenvalue weighted by Crippen LogP contribution is 2.13. The van der Waals surface area contributed by atoms with Crippen LogP contribution in [0.4, 0.5) is 4.39 Å². The lowest BCUT2D eigenvalue weighted by molar-refractivity contribution is -0.905. The fourth-order valence-electron chi connectivity index (χ4n) is 5.77. The first-order valence-electron chi connectivity index (χ1n) is 19.2. The Labute approximate surface area is 337 Å². The van der Waals surface area contributed by atoms with E-state index in [0.29, 0.717) is 23.9 Å². The number of nitrogens with zero attached hydrogens (tertiary/aromatic N) is 8. The molecule has 13 nitrogen and oxygen atoms in total. The topological polar surface area (TPSA) is 132 Å². The van der Waals surface area contributed by atoms with Crippen LogP contribution in [0.5, 0.6) is 0 Å². The lowest BCUT2D eigenvalue weighted by atomic mass is 10.1. The maximum atomic E-state index is 12.8. The summed E-state index contributed by atoms with van der Waals surface area (Å²) >= 11 is 0. The summed E-state index contributed by atoms with van der Waals surface area (Å²) in [6, 6.07) is 8.70. The van der Waals surface area contributed by atoms with E-state index in [9.17, 15) is 4.39 Å². The Bertz CT molecular complexity index is 1520. The first-order valence-corrected chi connectivity index (χ1v) is 19.2. The van der Waals surface area contributed by atoms with Crippen LogP contribution in [0.1, 0.15) is 66.9 Å². The number of piperidine rings is 1. The zero-order chi connectivity index (χ0) is 42.4. The van der Waals surface area contributed by atoms with Crippen molar-refractivity contribution in [1.82, 2.24) is 34.5 Å². The lowest BCUT2D eigenvalue weighted by Crippen LogP contribution is -2.39. The number of halogens is 1. The highest BCUT2D eigenvalue weighted by molar-refractivity contribution is 5.76. The van der Waals surface area contributed by atoms with Crippen molar-refractivity contribution in [1.29, 1.82) is 10.8 Å². The molecule has 14 heteroatoms. The molecule has 2 aromatic heterocycles. The second-order valence-electron chi connectivity index (χ2n) is 15.1. The summed E-state index contributed by atoms with van der Waals surface area (Å²) in [6.45, 7) is 16.0. The van der Waals surface area contributed by atoms with Crippen molar-refractivity contribution in [2.24, 2.45) is 0 Å². The standard InChI is InChI=1S/C10H14FN.C9H15N2O.C8H13N3.C8H16N2O.C7H14N2O/c1-8-4-5-10(11)6-9(8)7-12(2)3;1-8-4-5-11(12)7-9(8)6-10(2)3;1-7-4-5-9-8(10-7)6-11(2)3;1-7(9)10-5-3-8(11-2)4-6-10;1-6(8)9-4-3-7(5-9)10-2/h4-6H,7H2,1-3H3;4-5,7,12H,6H2,1-3H3;4-5H,6H2,1-3H3;8-9H,3-6H2,1-2H3;7-8H,3-5H2,1-2H3/q;+1;;;. The largest absolute Gasteiger partial charge is 0.381 e. The number of pyridine rings is 1. The van der Waals surface area contributed by atoms with Gasteiger partial charge >= 0.3 is 0 Å². The maximum Gasteiger partial charge on any atom is 0.227 e. The molecule has 0 amide bonds. The third-order valence-electron chi connectivity index (χ3n) is 9.06. The van der Waals surface area contributed by atoms with Gasteiger partial charge < -0.3 is 34.0 Å². The molecule has 0 radical (unpaired) electrons. The highest BCUT2D eigenvalue weighted by Gasteiger charge is 2.21. The van der Waals surface area contributed by atoms with Gasteiger partial charge in [0.2, 0.25) is 12.4 Å². The smallest absolute Gasteiger partial charge is 0.227 e. The first-order chi connectivity index (χ1) is 26.3. The average molecular weight is 784 g/mol. The summed E-state index contributed by atoms with van der Waals surface area (Å²) in [6.07, 6.45) is 9.11. The molecule has 2 saturated heterocycles. The Balaban J connectivity index is 0.000000350. The molecule has 4 heterocycles. The number of hydrogen-bond acceptors (Lipinski definition) is 10. The number of hydrogen-bond donors (Lipinski definition) is 3. The van der Waals surface area contributed by atoms with Crippen molar-refractivity contribution in [3.05, 3.63) is 88.5 Å². The van der Waals surface area contributed by atoms with E-state index < -0.39 is 0 Å². The minimum atomic E-state index is -0.155. The molecule has 314 valence electrons. The van der Waals surface area contributed by atoms with E-state index in [0.717, 1.165) is 98.0 Å². The van der Waals surface area contributed by atoms with Gasteiger partial charge in [0.1, 0.15) is 11.6 Å². The van der Waals surface area contributed by atoms with E-state index in [2.05, 4.69) is 24.7 Å². The van der Waals surface area contributed by atoms with Gasteiger partial charge in [-0.05, 0) is 131 Å². The summed E-state index contributed by atoms with van der Waals surface area (Å²) in [7, 11) is 15.5. The van der Waals surface area contributed by atoms with Gasteiger partial charge in [-0.2, -0.15) is 0 Å². The van der Waals surface area contributed by atoms with Gasteiger partial charge in [-0.15, -0.1) is 0 Å². The van der Waals surface area contributed by atoms with Gasteiger partial charge in [-0.1, -0.05) is 6.07 Å². The second-order valence-corrected chi connectivity index (χ2v) is 15.1. The number of benzene rings is 1. The molecular weight excluding hydrogens is 712 g/mol. The summed E-state index contributed by atoms with van der Waals surface area (Å²) in [5.74, 6) is 2.06. The Morgan fingerprint density at radius 2 is 1.30 bits per heavy atom. The van der Waals surface area contributed by atoms with Crippen molar-refractivity contribution in [3.8, 4) is 0 Å². The van der Waals surface area contributed by atoms with E-state index in [1.54, 1.807) is 38.9 Å². The predicted molar refractivity (Wildman–Crippen MR) is 224 cm³/mol. The van der Waals surface area contributed by atoms with Crippen molar-refractivity contribution in [2.75, 3.05) is 82.7 Å². The number of amidine groups is 2. The Morgan fingerprint density at radius 3 is 1.79 bits per heavy atom. The fourth-order valence-corrected chi connectivity index (χ4v) is 5.77.